The number of nitrogens with zero attached hydrogens (tertiary/aromatic N) is 1. The van der Waals surface area contributed by atoms with Gasteiger partial charge in [0, 0.05) is 48.1 Å². The van der Waals surface area contributed by atoms with Gasteiger partial charge in [0.2, 0.25) is 0 Å². The minimum Gasteiger partial charge on any atom is -0.310 e. The quantitative estimate of drug-likeness (QED) is 0.187. The molecule has 3 atom stereocenters. The average molecular weight is 636 g/mol. The monoisotopic (exact) mass is 635 g/mol. The molecule has 0 amide bonds. The van der Waals surface area contributed by atoms with E-state index in [4.69, 9.17) is 0 Å². The maximum Gasteiger partial charge on any atom is 0.0476 e. The Morgan fingerprint density at radius 1 is 0.542 bits per heavy atom. The van der Waals surface area contributed by atoms with E-state index in [2.05, 4.69) is 146 Å². The van der Waals surface area contributed by atoms with Crippen LogP contribution in [0, 0.1) is 11.8 Å². The molecule has 1 spiro atoms. The molecule has 11 rings (SSSR count). The van der Waals surface area contributed by atoms with Crippen molar-refractivity contribution in [1.82, 2.24) is 0 Å². The van der Waals surface area contributed by atoms with E-state index in [9.17, 15) is 0 Å². The van der Waals surface area contributed by atoms with Gasteiger partial charge in [0.15, 0.2) is 0 Å². The van der Waals surface area contributed by atoms with Crippen LogP contribution in [0.25, 0.3) is 42.4 Å². The Morgan fingerprint density at radius 2 is 1.15 bits per heavy atom. The van der Waals surface area contributed by atoms with E-state index in [0.717, 1.165) is 11.8 Å². The van der Waals surface area contributed by atoms with Gasteiger partial charge >= 0.3 is 0 Å². The van der Waals surface area contributed by atoms with Crippen LogP contribution in [0.2, 0.25) is 0 Å². The molecule has 2 saturated carbocycles. The largest absolute Gasteiger partial charge is 0.310 e. The van der Waals surface area contributed by atoms with Gasteiger partial charge in [0.05, 0.1) is 0 Å². The van der Waals surface area contributed by atoms with Crippen LogP contribution in [0.4, 0.5) is 17.1 Å². The lowest BCUT2D eigenvalue weighted by molar-refractivity contribution is 0.327. The molecular formula is C46H37NS. The molecule has 2 bridgehead atoms. The highest BCUT2D eigenvalue weighted by Gasteiger charge is 2.56. The van der Waals surface area contributed by atoms with Gasteiger partial charge in [-0.2, -0.15) is 0 Å². The normalized spacial score (nSPS) is 22.3. The molecule has 4 aliphatic rings. The van der Waals surface area contributed by atoms with Gasteiger partial charge < -0.3 is 4.90 Å². The molecule has 1 heterocycles. The summed E-state index contributed by atoms with van der Waals surface area (Å²) in [7, 11) is 0. The minimum absolute atomic E-state index is 0.0598. The fraction of sp³-hybridized carbons (Fsp3) is 0.217. The zero-order valence-electron chi connectivity index (χ0n) is 27.5. The number of benzene rings is 6. The van der Waals surface area contributed by atoms with Crippen molar-refractivity contribution < 1.29 is 0 Å². The van der Waals surface area contributed by atoms with Gasteiger partial charge in [-0.25, -0.2) is 0 Å². The maximum absolute atomic E-state index is 2.60. The van der Waals surface area contributed by atoms with Crippen LogP contribution >= 0.6 is 11.3 Å². The molecule has 0 aliphatic heterocycles. The molecule has 1 nitrogen and oxygen atoms in total. The SMILES string of the molecule is CC1(C)c2ccccc2-c2ccc(N(c3ccc4c(c3)C3(CC5CCC3C5)c3ccccc3-4)c3ccc4c(c3)sc3ccccc34)cc21. The second-order valence-corrected chi connectivity index (χ2v) is 16.4. The van der Waals surface area contributed by atoms with Crippen molar-refractivity contribution in [3.05, 3.63) is 150 Å². The van der Waals surface area contributed by atoms with Crippen molar-refractivity contribution in [1.29, 1.82) is 0 Å². The molecule has 3 unspecified atom stereocenters. The number of fused-ring (bicyclic) bond motifs is 14. The highest BCUT2D eigenvalue weighted by Crippen LogP contribution is 2.66. The first-order valence-corrected chi connectivity index (χ1v) is 18.5. The summed E-state index contributed by atoms with van der Waals surface area (Å²) >= 11 is 1.90. The third-order valence-electron chi connectivity index (χ3n) is 12.7. The van der Waals surface area contributed by atoms with Gasteiger partial charge in [-0.15, -0.1) is 11.3 Å². The molecule has 232 valence electrons. The third-order valence-corrected chi connectivity index (χ3v) is 13.9. The van der Waals surface area contributed by atoms with Crippen LogP contribution in [0.1, 0.15) is 61.8 Å². The summed E-state index contributed by atoms with van der Waals surface area (Å²) in [5.41, 5.74) is 15.4. The van der Waals surface area contributed by atoms with E-state index in [1.54, 1.807) is 11.1 Å². The Hall–Kier alpha value is -4.66. The predicted molar refractivity (Wildman–Crippen MR) is 203 cm³/mol. The van der Waals surface area contributed by atoms with Gasteiger partial charge in [0.25, 0.3) is 0 Å². The number of rotatable bonds is 3. The number of thiophene rings is 1. The highest BCUT2D eigenvalue weighted by molar-refractivity contribution is 7.25. The molecule has 0 radical (unpaired) electrons. The van der Waals surface area contributed by atoms with Crippen molar-refractivity contribution in [3.8, 4) is 22.3 Å². The smallest absolute Gasteiger partial charge is 0.0476 e. The van der Waals surface area contributed by atoms with Crippen LogP contribution in [0.5, 0.6) is 0 Å². The van der Waals surface area contributed by atoms with Gasteiger partial charge in [-0.3, -0.25) is 0 Å². The lowest BCUT2D eigenvalue weighted by Crippen LogP contribution is -2.32. The first-order valence-electron chi connectivity index (χ1n) is 17.7. The zero-order valence-corrected chi connectivity index (χ0v) is 28.3. The van der Waals surface area contributed by atoms with Crippen LogP contribution in [0.3, 0.4) is 0 Å². The van der Waals surface area contributed by atoms with Crippen LogP contribution in [-0.4, -0.2) is 0 Å². The first kappa shape index (κ1) is 27.3. The van der Waals surface area contributed by atoms with Crippen LogP contribution < -0.4 is 4.90 Å². The summed E-state index contributed by atoms with van der Waals surface area (Å²) in [6.07, 6.45) is 5.43. The molecule has 1 aromatic heterocycles. The Morgan fingerprint density at radius 3 is 1.92 bits per heavy atom. The summed E-state index contributed by atoms with van der Waals surface area (Å²) in [6, 6.07) is 48.9. The van der Waals surface area contributed by atoms with E-state index in [1.807, 2.05) is 11.3 Å². The lowest BCUT2D eigenvalue weighted by atomic mass is 9.67. The Kier molecular flexibility index (Phi) is 5.40. The Labute approximate surface area is 286 Å². The van der Waals surface area contributed by atoms with Crippen molar-refractivity contribution >= 4 is 48.6 Å². The Balaban J connectivity index is 1.14. The van der Waals surface area contributed by atoms with Gasteiger partial charge in [-0.1, -0.05) is 105 Å². The molecule has 2 heteroatoms. The van der Waals surface area contributed by atoms with Crippen molar-refractivity contribution in [2.75, 3.05) is 4.90 Å². The van der Waals surface area contributed by atoms with E-state index in [0.29, 0.717) is 0 Å². The van der Waals surface area contributed by atoms with Gasteiger partial charge in [-0.05, 0) is 118 Å². The zero-order chi connectivity index (χ0) is 31.8. The highest BCUT2D eigenvalue weighted by atomic mass is 32.1. The van der Waals surface area contributed by atoms with E-state index in [1.165, 1.54) is 96.3 Å². The first-order chi connectivity index (χ1) is 23.5. The fourth-order valence-electron chi connectivity index (χ4n) is 10.6. The third kappa shape index (κ3) is 3.46. The van der Waals surface area contributed by atoms with Gasteiger partial charge in [0.1, 0.15) is 0 Å². The summed E-state index contributed by atoms with van der Waals surface area (Å²) < 4.78 is 2.69. The summed E-state index contributed by atoms with van der Waals surface area (Å²) in [6.45, 7) is 4.78. The molecule has 2 fully saturated rings. The summed E-state index contributed by atoms with van der Waals surface area (Å²) in [5.74, 6) is 1.59. The Bertz CT molecular complexity index is 2480. The molecule has 4 aliphatic carbocycles. The second kappa shape index (κ2) is 9.49. The van der Waals surface area contributed by atoms with Crippen LogP contribution in [0.15, 0.2) is 127 Å². The number of hydrogen-bond acceptors (Lipinski definition) is 2. The standard InChI is InChI=1S/C46H37NS/c1-45(2)39-12-6-3-9-33(39)35-20-17-30(24-41(35)45)47(32-19-22-38-37-11-5-8-14-43(37)48-44(38)26-32)31-18-21-36-34-10-4-7-13-40(34)46(42(36)25-31)27-28-15-16-29(46)23-28/h3-14,17-22,24-26,28-29H,15-16,23,27H2,1-2H3. The second-order valence-electron chi connectivity index (χ2n) is 15.3. The van der Waals surface area contributed by atoms with E-state index < -0.39 is 0 Å². The molecule has 0 saturated heterocycles. The maximum atomic E-state index is 2.60. The van der Waals surface area contributed by atoms with E-state index >= 15 is 0 Å². The topological polar surface area (TPSA) is 3.24 Å². The molecule has 6 aromatic carbocycles. The summed E-state index contributed by atoms with van der Waals surface area (Å²) in [4.78, 5) is 2.55. The number of anilines is 3. The lowest BCUT2D eigenvalue weighted by Gasteiger charge is -2.37. The summed E-state index contributed by atoms with van der Waals surface area (Å²) in [5, 5.41) is 2.69. The molecule has 0 N–H and O–H groups in total. The molecule has 7 aromatic rings. The number of hydrogen-bond donors (Lipinski definition) is 0. The average Bonchev–Trinajstić information content (AvgIpc) is 3.93. The van der Waals surface area contributed by atoms with E-state index in [-0.39, 0.29) is 10.8 Å². The van der Waals surface area contributed by atoms with Crippen molar-refractivity contribution in [2.45, 2.75) is 50.4 Å². The molecular weight excluding hydrogens is 599 g/mol. The van der Waals surface area contributed by atoms with Crippen LogP contribution in [-0.2, 0) is 10.8 Å². The van der Waals surface area contributed by atoms with Crippen molar-refractivity contribution in [2.24, 2.45) is 11.8 Å². The molecule has 48 heavy (non-hydrogen) atoms. The predicted octanol–water partition coefficient (Wildman–Crippen LogP) is 12.9. The fourth-order valence-corrected chi connectivity index (χ4v) is 11.8. The minimum atomic E-state index is -0.0598. The van der Waals surface area contributed by atoms with Crippen molar-refractivity contribution in [3.63, 3.8) is 0 Å².